The highest BCUT2D eigenvalue weighted by molar-refractivity contribution is 5.96. The molecule has 1 amide bonds. The molecular formula is C12H18N2O2. The molecule has 0 unspecified atom stereocenters. The highest BCUT2D eigenvalue weighted by Gasteiger charge is 2.14. The van der Waals surface area contributed by atoms with E-state index in [2.05, 4.69) is 0 Å². The van der Waals surface area contributed by atoms with Crippen molar-refractivity contribution >= 4 is 5.91 Å². The molecule has 0 saturated carbocycles. The summed E-state index contributed by atoms with van der Waals surface area (Å²) in [5, 5.41) is 9.66. The van der Waals surface area contributed by atoms with Gasteiger partial charge in [-0.05, 0) is 37.6 Å². The second kappa shape index (κ2) is 5.51. The molecule has 0 aromatic heterocycles. The summed E-state index contributed by atoms with van der Waals surface area (Å²) in [6.07, 6.45) is 0.759. The number of aryl methyl sites for hydroxylation is 1. The molecule has 1 aromatic rings. The Morgan fingerprint density at radius 3 is 2.75 bits per heavy atom. The Hall–Kier alpha value is -1.55. The first-order valence-electron chi connectivity index (χ1n) is 5.31. The SMILES string of the molecule is Cc1ccc(C(=O)N(C)CCCN)c(O)c1. The Balaban J connectivity index is 2.79. The van der Waals surface area contributed by atoms with Crippen LogP contribution in [-0.2, 0) is 0 Å². The van der Waals surface area contributed by atoms with E-state index >= 15 is 0 Å². The maximum atomic E-state index is 11.9. The Kier molecular flexibility index (Phi) is 4.31. The zero-order valence-corrected chi connectivity index (χ0v) is 9.73. The van der Waals surface area contributed by atoms with E-state index < -0.39 is 0 Å². The minimum absolute atomic E-state index is 0.0320. The van der Waals surface area contributed by atoms with E-state index in [-0.39, 0.29) is 11.7 Å². The molecule has 0 aliphatic rings. The summed E-state index contributed by atoms with van der Waals surface area (Å²) in [6, 6.07) is 5.04. The van der Waals surface area contributed by atoms with Crippen molar-refractivity contribution in [2.24, 2.45) is 5.73 Å². The summed E-state index contributed by atoms with van der Waals surface area (Å²) in [4.78, 5) is 13.5. The number of hydrogen-bond acceptors (Lipinski definition) is 3. The predicted molar refractivity (Wildman–Crippen MR) is 63.5 cm³/mol. The van der Waals surface area contributed by atoms with Gasteiger partial charge in [-0.1, -0.05) is 6.07 Å². The molecule has 4 heteroatoms. The number of benzene rings is 1. The lowest BCUT2D eigenvalue weighted by Gasteiger charge is -2.17. The standard InChI is InChI=1S/C12H18N2O2/c1-9-4-5-10(11(15)8-9)12(16)14(2)7-3-6-13/h4-5,8,15H,3,6-7,13H2,1-2H3. The molecule has 4 nitrogen and oxygen atoms in total. The summed E-state index contributed by atoms with van der Waals surface area (Å²) in [7, 11) is 1.71. The zero-order chi connectivity index (χ0) is 12.1. The van der Waals surface area contributed by atoms with Crippen molar-refractivity contribution in [3.63, 3.8) is 0 Å². The van der Waals surface area contributed by atoms with E-state index in [1.54, 1.807) is 24.1 Å². The molecule has 1 rings (SSSR count). The average molecular weight is 222 g/mol. The minimum Gasteiger partial charge on any atom is -0.507 e. The Morgan fingerprint density at radius 1 is 1.50 bits per heavy atom. The molecule has 0 atom stereocenters. The molecule has 0 saturated heterocycles. The van der Waals surface area contributed by atoms with Gasteiger partial charge < -0.3 is 15.7 Å². The monoisotopic (exact) mass is 222 g/mol. The summed E-state index contributed by atoms with van der Waals surface area (Å²) >= 11 is 0. The lowest BCUT2D eigenvalue weighted by Crippen LogP contribution is -2.29. The maximum absolute atomic E-state index is 11.9. The molecule has 3 N–H and O–H groups in total. The fraction of sp³-hybridized carbons (Fsp3) is 0.417. The summed E-state index contributed by atoms with van der Waals surface area (Å²) in [5.41, 5.74) is 6.65. The van der Waals surface area contributed by atoms with E-state index in [1.807, 2.05) is 13.0 Å². The quantitative estimate of drug-likeness (QED) is 0.802. The number of amides is 1. The van der Waals surface area contributed by atoms with E-state index in [9.17, 15) is 9.90 Å². The van der Waals surface area contributed by atoms with Crippen LogP contribution in [0.4, 0.5) is 0 Å². The van der Waals surface area contributed by atoms with Crippen molar-refractivity contribution < 1.29 is 9.90 Å². The molecule has 0 radical (unpaired) electrons. The molecular weight excluding hydrogens is 204 g/mol. The number of nitrogens with two attached hydrogens (primary N) is 1. The highest BCUT2D eigenvalue weighted by Crippen LogP contribution is 2.19. The van der Waals surface area contributed by atoms with E-state index in [4.69, 9.17) is 5.73 Å². The number of carbonyl (C=O) groups is 1. The first-order valence-corrected chi connectivity index (χ1v) is 5.31. The number of nitrogens with zero attached hydrogens (tertiary/aromatic N) is 1. The van der Waals surface area contributed by atoms with Crippen LogP contribution in [-0.4, -0.2) is 36.1 Å². The van der Waals surface area contributed by atoms with E-state index in [0.29, 0.717) is 18.7 Å². The molecule has 0 fully saturated rings. The predicted octanol–water partition coefficient (Wildman–Crippen LogP) is 1.12. The van der Waals surface area contributed by atoms with Gasteiger partial charge in [-0.15, -0.1) is 0 Å². The van der Waals surface area contributed by atoms with E-state index in [1.165, 1.54) is 0 Å². The van der Waals surface area contributed by atoms with Crippen LogP contribution in [0, 0.1) is 6.92 Å². The van der Waals surface area contributed by atoms with Crippen LogP contribution >= 0.6 is 0 Å². The van der Waals surface area contributed by atoms with Gasteiger partial charge >= 0.3 is 0 Å². The van der Waals surface area contributed by atoms with Crippen LogP contribution in [0.15, 0.2) is 18.2 Å². The van der Waals surface area contributed by atoms with Gasteiger partial charge in [0, 0.05) is 13.6 Å². The van der Waals surface area contributed by atoms with Crippen LogP contribution in [0.2, 0.25) is 0 Å². The van der Waals surface area contributed by atoms with Gasteiger partial charge in [0.15, 0.2) is 0 Å². The number of aromatic hydroxyl groups is 1. The Morgan fingerprint density at radius 2 is 2.19 bits per heavy atom. The zero-order valence-electron chi connectivity index (χ0n) is 9.73. The van der Waals surface area contributed by atoms with Crippen molar-refractivity contribution in [1.82, 2.24) is 4.90 Å². The molecule has 0 heterocycles. The third-order valence-corrected chi connectivity index (χ3v) is 2.43. The lowest BCUT2D eigenvalue weighted by molar-refractivity contribution is 0.0791. The largest absolute Gasteiger partial charge is 0.507 e. The summed E-state index contributed by atoms with van der Waals surface area (Å²) < 4.78 is 0. The Labute approximate surface area is 95.7 Å². The van der Waals surface area contributed by atoms with Crippen LogP contribution in [0.1, 0.15) is 22.3 Å². The van der Waals surface area contributed by atoms with Crippen molar-refractivity contribution in [2.75, 3.05) is 20.1 Å². The van der Waals surface area contributed by atoms with Gasteiger partial charge in [0.2, 0.25) is 0 Å². The van der Waals surface area contributed by atoms with Gasteiger partial charge in [-0.3, -0.25) is 4.79 Å². The van der Waals surface area contributed by atoms with E-state index in [0.717, 1.165) is 12.0 Å². The van der Waals surface area contributed by atoms with Gasteiger partial charge in [0.25, 0.3) is 5.91 Å². The molecule has 0 bridgehead atoms. The van der Waals surface area contributed by atoms with Gasteiger partial charge in [-0.25, -0.2) is 0 Å². The van der Waals surface area contributed by atoms with Gasteiger partial charge in [0.05, 0.1) is 5.56 Å². The normalized spacial score (nSPS) is 10.2. The molecule has 0 spiro atoms. The first kappa shape index (κ1) is 12.5. The fourth-order valence-electron chi connectivity index (χ4n) is 1.46. The topological polar surface area (TPSA) is 66.6 Å². The molecule has 16 heavy (non-hydrogen) atoms. The number of carbonyl (C=O) groups excluding carboxylic acids is 1. The second-order valence-corrected chi connectivity index (χ2v) is 3.89. The highest BCUT2D eigenvalue weighted by atomic mass is 16.3. The molecule has 0 aliphatic heterocycles. The Bertz CT molecular complexity index is 377. The minimum atomic E-state index is -0.175. The average Bonchev–Trinajstić information content (AvgIpc) is 2.25. The van der Waals surface area contributed by atoms with Crippen molar-refractivity contribution in [1.29, 1.82) is 0 Å². The van der Waals surface area contributed by atoms with Crippen LogP contribution in [0.5, 0.6) is 5.75 Å². The van der Waals surface area contributed by atoms with Crippen LogP contribution in [0.25, 0.3) is 0 Å². The maximum Gasteiger partial charge on any atom is 0.257 e. The van der Waals surface area contributed by atoms with Crippen LogP contribution < -0.4 is 5.73 Å². The van der Waals surface area contributed by atoms with Crippen molar-refractivity contribution in [3.8, 4) is 5.75 Å². The van der Waals surface area contributed by atoms with Crippen molar-refractivity contribution in [3.05, 3.63) is 29.3 Å². The third kappa shape index (κ3) is 2.97. The number of phenolic OH excluding ortho intramolecular Hbond substituents is 1. The second-order valence-electron chi connectivity index (χ2n) is 3.89. The summed E-state index contributed by atoms with van der Waals surface area (Å²) in [6.45, 7) is 3.02. The van der Waals surface area contributed by atoms with Crippen LogP contribution in [0.3, 0.4) is 0 Å². The third-order valence-electron chi connectivity index (χ3n) is 2.43. The lowest BCUT2D eigenvalue weighted by atomic mass is 10.1. The number of rotatable bonds is 4. The first-order chi connectivity index (χ1) is 7.56. The molecule has 88 valence electrons. The van der Waals surface area contributed by atoms with Crippen molar-refractivity contribution in [2.45, 2.75) is 13.3 Å². The molecule has 1 aromatic carbocycles. The molecule has 0 aliphatic carbocycles. The number of phenols is 1. The smallest absolute Gasteiger partial charge is 0.257 e. The van der Waals surface area contributed by atoms with Gasteiger partial charge in [0.1, 0.15) is 5.75 Å². The summed E-state index contributed by atoms with van der Waals surface area (Å²) in [5.74, 6) is -0.143. The van der Waals surface area contributed by atoms with Gasteiger partial charge in [-0.2, -0.15) is 0 Å². The number of hydrogen-bond donors (Lipinski definition) is 2. The fourth-order valence-corrected chi connectivity index (χ4v) is 1.46.